The number of aromatic nitrogens is 2. The molecular weight excluding hydrogens is 204 g/mol. The van der Waals surface area contributed by atoms with Gasteiger partial charge in [0.15, 0.2) is 0 Å². The van der Waals surface area contributed by atoms with Crippen molar-refractivity contribution in [3.63, 3.8) is 0 Å². The van der Waals surface area contributed by atoms with Crippen molar-refractivity contribution in [3.8, 4) is 0 Å². The van der Waals surface area contributed by atoms with Crippen LogP contribution in [-0.4, -0.2) is 22.9 Å². The second kappa shape index (κ2) is 3.75. The Bertz CT molecular complexity index is 441. The minimum absolute atomic E-state index is 0.168. The number of H-pyrrole nitrogens is 1. The normalized spacial score (nSPS) is 29.3. The molecule has 0 aromatic carbocycles. The fourth-order valence-corrected chi connectivity index (χ4v) is 2.76. The summed E-state index contributed by atoms with van der Waals surface area (Å²) in [6, 6.07) is 0.496. The highest BCUT2D eigenvalue weighted by Gasteiger charge is 2.28. The van der Waals surface area contributed by atoms with Crippen molar-refractivity contribution < 1.29 is 0 Å². The van der Waals surface area contributed by atoms with Crippen molar-refractivity contribution in [2.45, 2.75) is 38.4 Å². The standard InChI is InChI=1S/C11H18N4O/c1-7-10-9(6-13-7)14-15(11(10)16)8-3-2-4-12-5-8/h7-8,12-14H,2-6H2,1H3. The largest absolute Gasteiger partial charge is 0.315 e. The third-order valence-electron chi connectivity index (χ3n) is 3.68. The molecule has 3 rings (SSSR count). The first-order valence-electron chi connectivity index (χ1n) is 6.04. The fraction of sp³-hybridized carbons (Fsp3) is 0.727. The van der Waals surface area contributed by atoms with Crippen LogP contribution in [0.4, 0.5) is 0 Å². The Morgan fingerprint density at radius 3 is 3.00 bits per heavy atom. The number of hydrogen-bond acceptors (Lipinski definition) is 3. The summed E-state index contributed by atoms with van der Waals surface area (Å²) >= 11 is 0. The number of fused-ring (bicyclic) bond motifs is 1. The van der Waals surface area contributed by atoms with Crippen molar-refractivity contribution in [3.05, 3.63) is 21.6 Å². The number of aromatic amines is 1. The number of piperidine rings is 1. The van der Waals surface area contributed by atoms with E-state index in [1.165, 1.54) is 0 Å². The molecule has 0 amide bonds. The molecule has 3 N–H and O–H groups in total. The van der Waals surface area contributed by atoms with Crippen LogP contribution in [-0.2, 0) is 6.54 Å². The first-order chi connectivity index (χ1) is 7.77. The molecule has 0 aliphatic carbocycles. The van der Waals surface area contributed by atoms with E-state index in [-0.39, 0.29) is 11.6 Å². The average Bonchev–Trinajstić information content (AvgIpc) is 2.83. The molecule has 2 aliphatic rings. The minimum Gasteiger partial charge on any atom is -0.315 e. The lowest BCUT2D eigenvalue weighted by molar-refractivity contribution is 0.337. The Morgan fingerprint density at radius 2 is 2.31 bits per heavy atom. The number of nitrogens with one attached hydrogen (secondary N) is 3. The molecule has 5 heteroatoms. The van der Waals surface area contributed by atoms with Gasteiger partial charge in [-0.3, -0.25) is 9.89 Å². The highest BCUT2D eigenvalue weighted by Crippen LogP contribution is 2.22. The fourth-order valence-electron chi connectivity index (χ4n) is 2.76. The van der Waals surface area contributed by atoms with Crippen LogP contribution in [0.5, 0.6) is 0 Å². The van der Waals surface area contributed by atoms with E-state index in [0.717, 1.165) is 43.7 Å². The van der Waals surface area contributed by atoms with E-state index >= 15 is 0 Å². The molecule has 1 aromatic rings. The molecule has 2 unspecified atom stereocenters. The molecule has 0 bridgehead atoms. The molecule has 88 valence electrons. The third-order valence-corrected chi connectivity index (χ3v) is 3.68. The lowest BCUT2D eigenvalue weighted by atomic mass is 10.1. The van der Waals surface area contributed by atoms with Crippen LogP contribution in [0, 0.1) is 0 Å². The van der Waals surface area contributed by atoms with Crippen LogP contribution in [0.2, 0.25) is 0 Å². The van der Waals surface area contributed by atoms with Crippen molar-refractivity contribution in [2.24, 2.45) is 0 Å². The molecule has 0 saturated carbocycles. The van der Waals surface area contributed by atoms with Gasteiger partial charge >= 0.3 is 0 Å². The molecule has 0 radical (unpaired) electrons. The molecule has 0 spiro atoms. The van der Waals surface area contributed by atoms with E-state index in [2.05, 4.69) is 15.7 Å². The zero-order chi connectivity index (χ0) is 11.1. The van der Waals surface area contributed by atoms with Gasteiger partial charge in [0, 0.05) is 19.1 Å². The lowest BCUT2D eigenvalue weighted by Gasteiger charge is -2.23. The van der Waals surface area contributed by atoms with E-state index in [1.54, 1.807) is 0 Å². The zero-order valence-corrected chi connectivity index (χ0v) is 9.55. The second-order valence-electron chi connectivity index (χ2n) is 4.78. The van der Waals surface area contributed by atoms with E-state index in [0.29, 0.717) is 6.04 Å². The Balaban J connectivity index is 1.97. The highest BCUT2D eigenvalue weighted by molar-refractivity contribution is 5.25. The first-order valence-corrected chi connectivity index (χ1v) is 6.04. The van der Waals surface area contributed by atoms with Crippen molar-refractivity contribution in [1.29, 1.82) is 0 Å². The number of rotatable bonds is 1. The summed E-state index contributed by atoms with van der Waals surface area (Å²) in [5.74, 6) is 0. The van der Waals surface area contributed by atoms with Gasteiger partial charge in [-0.1, -0.05) is 0 Å². The summed E-state index contributed by atoms with van der Waals surface area (Å²) in [7, 11) is 0. The van der Waals surface area contributed by atoms with Gasteiger partial charge in [0.2, 0.25) is 0 Å². The molecule has 1 fully saturated rings. The average molecular weight is 222 g/mol. The van der Waals surface area contributed by atoms with E-state index in [9.17, 15) is 4.79 Å². The quantitative estimate of drug-likeness (QED) is 0.639. The molecule has 1 saturated heterocycles. The summed E-state index contributed by atoms with van der Waals surface area (Å²) in [4.78, 5) is 12.2. The van der Waals surface area contributed by atoms with E-state index in [4.69, 9.17) is 0 Å². The first kappa shape index (κ1) is 10.1. The van der Waals surface area contributed by atoms with Crippen LogP contribution in [0.1, 0.15) is 43.1 Å². The van der Waals surface area contributed by atoms with Gasteiger partial charge in [0.25, 0.3) is 5.56 Å². The minimum atomic E-state index is 0.168. The van der Waals surface area contributed by atoms with Crippen LogP contribution in [0.15, 0.2) is 4.79 Å². The van der Waals surface area contributed by atoms with Gasteiger partial charge in [-0.15, -0.1) is 0 Å². The van der Waals surface area contributed by atoms with Crippen molar-refractivity contribution >= 4 is 0 Å². The molecule has 3 heterocycles. The van der Waals surface area contributed by atoms with Crippen LogP contribution in [0.3, 0.4) is 0 Å². The van der Waals surface area contributed by atoms with Crippen molar-refractivity contribution in [2.75, 3.05) is 13.1 Å². The molecule has 1 aromatic heterocycles. The predicted octanol–water partition coefficient (Wildman–Crippen LogP) is 0.265. The number of nitrogens with zero attached hydrogens (tertiary/aromatic N) is 1. The van der Waals surface area contributed by atoms with Gasteiger partial charge in [0.1, 0.15) is 0 Å². The Labute approximate surface area is 94.2 Å². The van der Waals surface area contributed by atoms with Gasteiger partial charge < -0.3 is 10.6 Å². The topological polar surface area (TPSA) is 61.9 Å². The summed E-state index contributed by atoms with van der Waals surface area (Å²) in [5, 5.41) is 9.88. The Hall–Kier alpha value is -1.07. The zero-order valence-electron chi connectivity index (χ0n) is 9.55. The van der Waals surface area contributed by atoms with Crippen LogP contribution < -0.4 is 16.2 Å². The monoisotopic (exact) mass is 222 g/mol. The molecule has 16 heavy (non-hydrogen) atoms. The van der Waals surface area contributed by atoms with Crippen molar-refractivity contribution in [1.82, 2.24) is 20.4 Å². The Morgan fingerprint density at radius 1 is 1.44 bits per heavy atom. The van der Waals surface area contributed by atoms with Gasteiger partial charge in [0.05, 0.1) is 17.3 Å². The van der Waals surface area contributed by atoms with Gasteiger partial charge in [-0.25, -0.2) is 4.68 Å². The van der Waals surface area contributed by atoms with Gasteiger partial charge in [-0.05, 0) is 26.3 Å². The maximum absolute atomic E-state index is 12.2. The molecule has 2 aliphatic heterocycles. The van der Waals surface area contributed by atoms with E-state index in [1.807, 2.05) is 11.6 Å². The molecular formula is C11H18N4O. The van der Waals surface area contributed by atoms with Crippen LogP contribution in [0.25, 0.3) is 0 Å². The summed E-state index contributed by atoms with van der Waals surface area (Å²) in [5.41, 5.74) is 2.18. The highest BCUT2D eigenvalue weighted by atomic mass is 16.1. The summed E-state index contributed by atoms with van der Waals surface area (Å²) < 4.78 is 1.83. The van der Waals surface area contributed by atoms with Gasteiger partial charge in [-0.2, -0.15) is 0 Å². The second-order valence-corrected chi connectivity index (χ2v) is 4.78. The van der Waals surface area contributed by atoms with Crippen LogP contribution >= 0.6 is 0 Å². The molecule has 2 atom stereocenters. The predicted molar refractivity (Wildman–Crippen MR) is 61.4 cm³/mol. The maximum Gasteiger partial charge on any atom is 0.271 e. The smallest absolute Gasteiger partial charge is 0.271 e. The van der Waals surface area contributed by atoms with E-state index < -0.39 is 0 Å². The maximum atomic E-state index is 12.2. The SMILES string of the molecule is CC1NCc2[nH]n(C3CCCNC3)c(=O)c21. The summed E-state index contributed by atoms with van der Waals surface area (Å²) in [6.45, 7) is 4.81. The summed E-state index contributed by atoms with van der Waals surface area (Å²) in [6.07, 6.45) is 2.24. The lowest BCUT2D eigenvalue weighted by Crippen LogP contribution is -2.37. The third kappa shape index (κ3) is 1.43. The number of hydrogen-bond donors (Lipinski definition) is 3. The molecule has 5 nitrogen and oxygen atoms in total. The Kier molecular flexibility index (Phi) is 2.37.